The van der Waals surface area contributed by atoms with Crippen LogP contribution < -0.4 is 4.90 Å². The van der Waals surface area contributed by atoms with Crippen molar-refractivity contribution in [2.75, 3.05) is 30.9 Å². The van der Waals surface area contributed by atoms with Crippen molar-refractivity contribution >= 4 is 21.9 Å². The van der Waals surface area contributed by atoms with E-state index in [2.05, 4.69) is 18.8 Å². The van der Waals surface area contributed by atoms with Crippen molar-refractivity contribution < 1.29 is 17.9 Å². The van der Waals surface area contributed by atoms with Crippen LogP contribution in [0.2, 0.25) is 0 Å². The van der Waals surface area contributed by atoms with Crippen LogP contribution in [0.15, 0.2) is 18.3 Å². The second-order valence-electron chi connectivity index (χ2n) is 7.59. The quantitative estimate of drug-likeness (QED) is 0.782. The first-order chi connectivity index (χ1) is 12.3. The molecule has 1 atom stereocenters. The summed E-state index contributed by atoms with van der Waals surface area (Å²) >= 11 is 0. The lowest BCUT2D eigenvalue weighted by molar-refractivity contribution is 0.177. The van der Waals surface area contributed by atoms with E-state index in [0.717, 1.165) is 24.8 Å². The molecule has 0 saturated carbocycles. The number of hydrogen-bond acceptors (Lipinski definition) is 5. The molecule has 0 N–H and O–H groups in total. The van der Waals surface area contributed by atoms with E-state index in [4.69, 9.17) is 4.74 Å². The van der Waals surface area contributed by atoms with Gasteiger partial charge in [-0.3, -0.25) is 4.90 Å². The molecule has 0 spiro atoms. The molecular weight excluding hydrogens is 354 g/mol. The molecule has 144 valence electrons. The number of pyridine rings is 1. The Morgan fingerprint density at radius 2 is 2.00 bits per heavy atom. The molecule has 0 aromatic carbocycles. The van der Waals surface area contributed by atoms with E-state index in [-0.39, 0.29) is 18.1 Å². The standard InChI is InChI=1S/C18H27N3O4S/c1-13(2)16-12-25-18(22)21(16)17-11-15(4-7-19-17)10-14-5-8-20(9-6-14)26(3,23)24/h4,7,11,13-14,16H,5-6,8-10,12H2,1-3H3/t16-/m0/s1. The lowest BCUT2D eigenvalue weighted by Crippen LogP contribution is -2.38. The van der Waals surface area contributed by atoms with Crippen molar-refractivity contribution in [3.63, 3.8) is 0 Å². The Kier molecular flexibility index (Phi) is 5.53. The Labute approximate surface area is 155 Å². The van der Waals surface area contributed by atoms with Crippen LogP contribution in [-0.4, -0.2) is 55.8 Å². The van der Waals surface area contributed by atoms with Gasteiger partial charge in [-0.2, -0.15) is 0 Å². The second kappa shape index (κ2) is 7.52. The third-order valence-corrected chi connectivity index (χ3v) is 6.60. The Bertz CT molecular complexity index is 757. The van der Waals surface area contributed by atoms with Gasteiger partial charge in [0.05, 0.1) is 12.3 Å². The Hall–Kier alpha value is -1.67. The lowest BCUT2D eigenvalue weighted by atomic mass is 9.91. The normalized spacial score (nSPS) is 22.8. The van der Waals surface area contributed by atoms with E-state index < -0.39 is 10.0 Å². The molecule has 2 aliphatic heterocycles. The number of nitrogens with zero attached hydrogens (tertiary/aromatic N) is 3. The van der Waals surface area contributed by atoms with Gasteiger partial charge in [-0.1, -0.05) is 13.8 Å². The number of anilines is 1. The summed E-state index contributed by atoms with van der Waals surface area (Å²) in [6, 6.07) is 3.94. The summed E-state index contributed by atoms with van der Waals surface area (Å²) in [5.41, 5.74) is 1.12. The molecule has 3 rings (SSSR count). The number of cyclic esters (lactones) is 1. The number of sulfonamides is 1. The van der Waals surface area contributed by atoms with Gasteiger partial charge < -0.3 is 4.74 Å². The van der Waals surface area contributed by atoms with Crippen LogP contribution in [-0.2, 0) is 21.2 Å². The first-order valence-corrected chi connectivity index (χ1v) is 11.0. The molecule has 1 aromatic heterocycles. The van der Waals surface area contributed by atoms with Crippen LogP contribution >= 0.6 is 0 Å². The fourth-order valence-electron chi connectivity index (χ4n) is 3.69. The Morgan fingerprint density at radius 3 is 2.62 bits per heavy atom. The summed E-state index contributed by atoms with van der Waals surface area (Å²) in [6.07, 6.45) is 5.23. The van der Waals surface area contributed by atoms with Crippen molar-refractivity contribution in [2.45, 2.75) is 39.2 Å². The van der Waals surface area contributed by atoms with Crippen LogP contribution in [0.4, 0.5) is 10.6 Å². The predicted molar refractivity (Wildman–Crippen MR) is 99.5 cm³/mol. The zero-order valence-electron chi connectivity index (χ0n) is 15.6. The van der Waals surface area contributed by atoms with Gasteiger partial charge in [-0.15, -0.1) is 0 Å². The van der Waals surface area contributed by atoms with E-state index >= 15 is 0 Å². The van der Waals surface area contributed by atoms with E-state index in [9.17, 15) is 13.2 Å². The number of rotatable bonds is 5. The maximum absolute atomic E-state index is 12.1. The largest absolute Gasteiger partial charge is 0.447 e. The number of amides is 1. The molecule has 2 aliphatic rings. The number of piperidine rings is 1. The molecule has 8 heteroatoms. The average Bonchev–Trinajstić information content (AvgIpc) is 2.97. The third kappa shape index (κ3) is 4.17. The van der Waals surface area contributed by atoms with Crippen molar-refractivity contribution in [3.05, 3.63) is 23.9 Å². The minimum Gasteiger partial charge on any atom is -0.447 e. The molecule has 1 amide bonds. The molecule has 2 fully saturated rings. The number of aromatic nitrogens is 1. The number of carbonyl (C=O) groups excluding carboxylic acids is 1. The highest BCUT2D eigenvalue weighted by Crippen LogP contribution is 2.28. The monoisotopic (exact) mass is 381 g/mol. The highest BCUT2D eigenvalue weighted by molar-refractivity contribution is 7.88. The molecular formula is C18H27N3O4S. The Morgan fingerprint density at radius 1 is 1.31 bits per heavy atom. The van der Waals surface area contributed by atoms with Gasteiger partial charge in [0.25, 0.3) is 0 Å². The van der Waals surface area contributed by atoms with Gasteiger partial charge in [0.1, 0.15) is 12.4 Å². The van der Waals surface area contributed by atoms with Gasteiger partial charge in [0.15, 0.2) is 0 Å². The van der Waals surface area contributed by atoms with Gasteiger partial charge in [0.2, 0.25) is 10.0 Å². The summed E-state index contributed by atoms with van der Waals surface area (Å²) in [5.74, 6) is 1.36. The van der Waals surface area contributed by atoms with Crippen LogP contribution in [0.1, 0.15) is 32.3 Å². The molecule has 2 saturated heterocycles. The molecule has 1 aromatic rings. The van der Waals surface area contributed by atoms with E-state index in [1.807, 2.05) is 12.1 Å². The summed E-state index contributed by atoms with van der Waals surface area (Å²) in [6.45, 7) is 5.69. The van der Waals surface area contributed by atoms with Crippen LogP contribution in [0.3, 0.4) is 0 Å². The molecule has 7 nitrogen and oxygen atoms in total. The summed E-state index contributed by atoms with van der Waals surface area (Å²) in [7, 11) is -3.10. The van der Waals surface area contributed by atoms with Crippen molar-refractivity contribution in [1.82, 2.24) is 9.29 Å². The first-order valence-electron chi connectivity index (χ1n) is 9.11. The maximum Gasteiger partial charge on any atom is 0.415 e. The zero-order valence-corrected chi connectivity index (χ0v) is 16.4. The molecule has 0 bridgehead atoms. The van der Waals surface area contributed by atoms with E-state index in [0.29, 0.717) is 31.4 Å². The average molecular weight is 381 g/mol. The van der Waals surface area contributed by atoms with Crippen molar-refractivity contribution in [2.24, 2.45) is 11.8 Å². The summed E-state index contributed by atoms with van der Waals surface area (Å²) in [5, 5.41) is 0. The van der Waals surface area contributed by atoms with Crippen LogP contribution in [0, 0.1) is 11.8 Å². The zero-order chi connectivity index (χ0) is 18.9. The molecule has 0 unspecified atom stereocenters. The lowest BCUT2D eigenvalue weighted by Gasteiger charge is -2.30. The highest BCUT2D eigenvalue weighted by Gasteiger charge is 2.37. The van der Waals surface area contributed by atoms with Gasteiger partial charge in [-0.05, 0) is 48.8 Å². The number of ether oxygens (including phenoxy) is 1. The second-order valence-corrected chi connectivity index (χ2v) is 9.57. The highest BCUT2D eigenvalue weighted by atomic mass is 32.2. The molecule has 0 aliphatic carbocycles. The smallest absolute Gasteiger partial charge is 0.415 e. The number of carbonyl (C=O) groups is 1. The van der Waals surface area contributed by atoms with Gasteiger partial charge in [-0.25, -0.2) is 22.5 Å². The summed E-state index contributed by atoms with van der Waals surface area (Å²) < 4.78 is 30.0. The number of hydrogen-bond donors (Lipinski definition) is 0. The molecule has 3 heterocycles. The molecule has 0 radical (unpaired) electrons. The summed E-state index contributed by atoms with van der Waals surface area (Å²) in [4.78, 5) is 18.2. The Balaban J connectivity index is 1.68. The molecule has 26 heavy (non-hydrogen) atoms. The predicted octanol–water partition coefficient (Wildman–Crippen LogP) is 2.28. The van der Waals surface area contributed by atoms with E-state index in [1.54, 1.807) is 15.4 Å². The third-order valence-electron chi connectivity index (χ3n) is 5.30. The topological polar surface area (TPSA) is 79.8 Å². The SMILES string of the molecule is CC(C)[C@@H]1COC(=O)N1c1cc(CC2CCN(S(C)(=O)=O)CC2)ccn1. The van der Waals surface area contributed by atoms with Crippen molar-refractivity contribution in [1.29, 1.82) is 0 Å². The van der Waals surface area contributed by atoms with Crippen molar-refractivity contribution in [3.8, 4) is 0 Å². The van der Waals surface area contributed by atoms with Crippen LogP contribution in [0.25, 0.3) is 0 Å². The van der Waals surface area contributed by atoms with Crippen LogP contribution in [0.5, 0.6) is 0 Å². The van der Waals surface area contributed by atoms with Gasteiger partial charge >= 0.3 is 6.09 Å². The fourth-order valence-corrected chi connectivity index (χ4v) is 4.56. The maximum atomic E-state index is 12.1. The van der Waals surface area contributed by atoms with E-state index in [1.165, 1.54) is 6.26 Å². The van der Waals surface area contributed by atoms with Gasteiger partial charge in [0, 0.05) is 19.3 Å². The minimum atomic E-state index is -3.10. The fraction of sp³-hybridized carbons (Fsp3) is 0.667. The minimum absolute atomic E-state index is 0.00301. The first kappa shape index (κ1) is 19.1.